The van der Waals surface area contributed by atoms with Crippen LogP contribution in [0.3, 0.4) is 0 Å². The van der Waals surface area contributed by atoms with E-state index in [-0.39, 0.29) is 29.4 Å². The number of fused-ring (bicyclic) bond motifs is 1. The molecular formula is C17H15F3N4O3. The lowest BCUT2D eigenvalue weighted by atomic mass is 10.2. The molecule has 0 N–H and O–H groups in total. The number of rotatable bonds is 3. The van der Waals surface area contributed by atoms with Crippen molar-refractivity contribution in [3.05, 3.63) is 41.9 Å². The molecule has 0 bridgehead atoms. The minimum Gasteiger partial charge on any atom is -0.463 e. The summed E-state index contributed by atoms with van der Waals surface area (Å²) in [6, 6.07) is 3.97. The normalized spacial score (nSPS) is 15.4. The van der Waals surface area contributed by atoms with Crippen molar-refractivity contribution in [1.29, 1.82) is 0 Å². The third-order valence-electron chi connectivity index (χ3n) is 4.31. The predicted molar refractivity (Wildman–Crippen MR) is 86.8 cm³/mol. The summed E-state index contributed by atoms with van der Waals surface area (Å²) in [5.74, 6) is 0.00150. The van der Waals surface area contributed by atoms with Crippen LogP contribution in [0.5, 0.6) is 0 Å². The van der Waals surface area contributed by atoms with E-state index in [0.29, 0.717) is 36.4 Å². The molecule has 0 atom stereocenters. The SMILES string of the molecule is O=C(Cc1cnn2c(C(F)(F)F)cc(-c3ccco3)nc12)N1CCOCC1. The first-order chi connectivity index (χ1) is 12.9. The average Bonchev–Trinajstić information content (AvgIpc) is 3.31. The standard InChI is InChI=1S/C17H15F3N4O3/c18-17(19,20)14-9-12(13-2-1-5-27-13)22-16-11(10-21-24(14)16)8-15(25)23-3-6-26-7-4-23/h1-2,5,9-10H,3-4,6-8H2. The maximum absolute atomic E-state index is 13.5. The number of hydrogen-bond donors (Lipinski definition) is 0. The molecule has 4 rings (SSSR count). The van der Waals surface area contributed by atoms with Gasteiger partial charge in [-0.3, -0.25) is 4.79 Å². The van der Waals surface area contributed by atoms with Crippen molar-refractivity contribution >= 4 is 11.6 Å². The Labute approximate surface area is 151 Å². The lowest BCUT2D eigenvalue weighted by molar-refractivity contribution is -0.142. The number of ether oxygens (including phenoxy) is 1. The van der Waals surface area contributed by atoms with Crippen molar-refractivity contribution in [3.63, 3.8) is 0 Å². The lowest BCUT2D eigenvalue weighted by Gasteiger charge is -2.26. The van der Waals surface area contributed by atoms with Crippen LogP contribution in [-0.2, 0) is 22.1 Å². The van der Waals surface area contributed by atoms with Crippen LogP contribution in [0.4, 0.5) is 13.2 Å². The Hall–Kier alpha value is -2.88. The molecule has 1 fully saturated rings. The molecule has 1 saturated heterocycles. The van der Waals surface area contributed by atoms with E-state index in [9.17, 15) is 18.0 Å². The Bertz CT molecular complexity index is 960. The van der Waals surface area contributed by atoms with Gasteiger partial charge in [-0.15, -0.1) is 0 Å². The Morgan fingerprint density at radius 3 is 2.70 bits per heavy atom. The molecule has 0 aromatic carbocycles. The maximum Gasteiger partial charge on any atom is 0.433 e. The van der Waals surface area contributed by atoms with E-state index in [1.54, 1.807) is 11.0 Å². The van der Waals surface area contributed by atoms with Gasteiger partial charge in [0.05, 0.1) is 32.1 Å². The van der Waals surface area contributed by atoms with Gasteiger partial charge in [-0.2, -0.15) is 18.3 Å². The van der Waals surface area contributed by atoms with Crippen LogP contribution in [0.2, 0.25) is 0 Å². The van der Waals surface area contributed by atoms with E-state index < -0.39 is 11.9 Å². The number of hydrogen-bond acceptors (Lipinski definition) is 5. The largest absolute Gasteiger partial charge is 0.463 e. The molecule has 4 heterocycles. The predicted octanol–water partition coefficient (Wildman–Crippen LogP) is 2.41. The van der Waals surface area contributed by atoms with E-state index in [2.05, 4.69) is 10.1 Å². The minimum absolute atomic E-state index is 0.0159. The average molecular weight is 380 g/mol. The van der Waals surface area contributed by atoms with Gasteiger partial charge in [0.1, 0.15) is 5.69 Å². The molecular weight excluding hydrogens is 365 g/mol. The zero-order chi connectivity index (χ0) is 19.0. The molecule has 10 heteroatoms. The van der Waals surface area contributed by atoms with Gasteiger partial charge >= 0.3 is 6.18 Å². The van der Waals surface area contributed by atoms with Crippen molar-refractivity contribution in [2.45, 2.75) is 12.6 Å². The molecule has 0 saturated carbocycles. The second kappa shape index (κ2) is 6.69. The van der Waals surface area contributed by atoms with E-state index in [1.165, 1.54) is 18.5 Å². The van der Waals surface area contributed by atoms with Crippen molar-refractivity contribution < 1.29 is 27.1 Å². The first-order valence-electron chi connectivity index (χ1n) is 8.28. The number of furan rings is 1. The van der Waals surface area contributed by atoms with Crippen molar-refractivity contribution in [3.8, 4) is 11.5 Å². The molecule has 0 spiro atoms. The van der Waals surface area contributed by atoms with Crippen LogP contribution in [0.1, 0.15) is 11.3 Å². The number of aromatic nitrogens is 3. The lowest BCUT2D eigenvalue weighted by Crippen LogP contribution is -2.41. The molecule has 1 aliphatic heterocycles. The highest BCUT2D eigenvalue weighted by Crippen LogP contribution is 2.33. The number of morpholine rings is 1. The Kier molecular flexibility index (Phi) is 4.34. The highest BCUT2D eigenvalue weighted by atomic mass is 19.4. The first-order valence-corrected chi connectivity index (χ1v) is 8.28. The third kappa shape index (κ3) is 3.39. The summed E-state index contributed by atoms with van der Waals surface area (Å²) in [5, 5.41) is 3.81. The molecule has 3 aromatic heterocycles. The summed E-state index contributed by atoms with van der Waals surface area (Å²) in [4.78, 5) is 18.3. The van der Waals surface area contributed by atoms with Crippen molar-refractivity contribution in [1.82, 2.24) is 19.5 Å². The maximum atomic E-state index is 13.5. The zero-order valence-corrected chi connectivity index (χ0v) is 14.1. The number of carbonyl (C=O) groups excluding carboxylic acids is 1. The van der Waals surface area contributed by atoms with E-state index in [0.717, 1.165) is 6.07 Å². The van der Waals surface area contributed by atoms with Crippen LogP contribution in [0, 0.1) is 0 Å². The number of alkyl halides is 3. The molecule has 27 heavy (non-hydrogen) atoms. The van der Waals surface area contributed by atoms with Gasteiger partial charge in [0.25, 0.3) is 0 Å². The van der Waals surface area contributed by atoms with Crippen molar-refractivity contribution in [2.75, 3.05) is 26.3 Å². The van der Waals surface area contributed by atoms with Gasteiger partial charge in [0.2, 0.25) is 5.91 Å². The smallest absolute Gasteiger partial charge is 0.433 e. The van der Waals surface area contributed by atoms with Gasteiger partial charge in [0.15, 0.2) is 17.1 Å². The summed E-state index contributed by atoms with van der Waals surface area (Å²) in [6.07, 6.45) is -2.12. The molecule has 1 amide bonds. The Morgan fingerprint density at radius 2 is 2.04 bits per heavy atom. The fourth-order valence-corrected chi connectivity index (χ4v) is 2.97. The van der Waals surface area contributed by atoms with Gasteiger partial charge in [-0.05, 0) is 18.2 Å². The number of halogens is 3. The second-order valence-corrected chi connectivity index (χ2v) is 6.08. The zero-order valence-electron chi connectivity index (χ0n) is 14.1. The van der Waals surface area contributed by atoms with Crippen LogP contribution in [0.25, 0.3) is 17.1 Å². The van der Waals surface area contributed by atoms with E-state index in [4.69, 9.17) is 9.15 Å². The second-order valence-electron chi connectivity index (χ2n) is 6.08. The van der Waals surface area contributed by atoms with Crippen molar-refractivity contribution in [2.24, 2.45) is 0 Å². The van der Waals surface area contributed by atoms with Crippen LogP contribution in [0.15, 0.2) is 35.1 Å². The molecule has 0 aliphatic carbocycles. The molecule has 0 unspecified atom stereocenters. The van der Waals surface area contributed by atoms with E-state index in [1.807, 2.05) is 0 Å². The summed E-state index contributed by atoms with van der Waals surface area (Å²) in [5.41, 5.74) is -0.646. The van der Waals surface area contributed by atoms with Gasteiger partial charge in [-0.1, -0.05) is 0 Å². The van der Waals surface area contributed by atoms with Crippen LogP contribution >= 0.6 is 0 Å². The number of carbonyl (C=O) groups is 1. The summed E-state index contributed by atoms with van der Waals surface area (Å²) >= 11 is 0. The highest BCUT2D eigenvalue weighted by Gasteiger charge is 2.36. The van der Waals surface area contributed by atoms with E-state index >= 15 is 0 Å². The summed E-state index contributed by atoms with van der Waals surface area (Å²) < 4.78 is 51.6. The quantitative estimate of drug-likeness (QED) is 0.698. The van der Waals surface area contributed by atoms with Gasteiger partial charge < -0.3 is 14.1 Å². The van der Waals surface area contributed by atoms with Gasteiger partial charge in [0, 0.05) is 18.7 Å². The molecule has 0 radical (unpaired) electrons. The van der Waals surface area contributed by atoms with Crippen LogP contribution in [-0.4, -0.2) is 51.7 Å². The first kappa shape index (κ1) is 17.5. The highest BCUT2D eigenvalue weighted by molar-refractivity contribution is 5.81. The molecule has 7 nitrogen and oxygen atoms in total. The Balaban J connectivity index is 1.76. The monoisotopic (exact) mass is 380 g/mol. The molecule has 3 aromatic rings. The number of nitrogens with zero attached hydrogens (tertiary/aromatic N) is 4. The fraction of sp³-hybridized carbons (Fsp3) is 0.353. The third-order valence-corrected chi connectivity index (χ3v) is 4.31. The molecule has 142 valence electrons. The molecule has 1 aliphatic rings. The van der Waals surface area contributed by atoms with Gasteiger partial charge in [-0.25, -0.2) is 9.50 Å². The minimum atomic E-state index is -4.64. The van der Waals surface area contributed by atoms with Crippen LogP contribution < -0.4 is 0 Å². The summed E-state index contributed by atoms with van der Waals surface area (Å²) in [6.45, 7) is 1.80. The number of amides is 1. The Morgan fingerprint density at radius 1 is 1.26 bits per heavy atom. The fourth-order valence-electron chi connectivity index (χ4n) is 2.97. The summed E-state index contributed by atoms with van der Waals surface area (Å²) in [7, 11) is 0. The topological polar surface area (TPSA) is 72.9 Å².